The molecular weight excluding hydrogens is 303 g/mol. The summed E-state index contributed by atoms with van der Waals surface area (Å²) in [5.41, 5.74) is 0.529. The van der Waals surface area contributed by atoms with Crippen LogP contribution in [-0.2, 0) is 0 Å². The number of allylic oxidation sites excluding steroid dienone is 1. The van der Waals surface area contributed by atoms with Gasteiger partial charge in [-0.25, -0.2) is 0 Å². The van der Waals surface area contributed by atoms with Crippen LogP contribution in [0.1, 0.15) is 13.8 Å². The third kappa shape index (κ3) is 4.37. The van der Waals surface area contributed by atoms with Gasteiger partial charge in [0.1, 0.15) is 5.70 Å². The fourth-order valence-corrected chi connectivity index (χ4v) is 2.32. The van der Waals surface area contributed by atoms with E-state index in [1.807, 2.05) is 37.4 Å². The Labute approximate surface area is 134 Å². The number of rotatable bonds is 2. The Morgan fingerprint density at radius 3 is 2.30 bits per heavy atom. The van der Waals surface area contributed by atoms with E-state index in [4.69, 9.17) is 0 Å². The van der Waals surface area contributed by atoms with E-state index in [0.717, 1.165) is 5.52 Å². The first-order chi connectivity index (χ1) is 11.0. The maximum Gasteiger partial charge on any atom is 0.432 e. The van der Waals surface area contributed by atoms with Crippen molar-refractivity contribution in [3.63, 3.8) is 0 Å². The number of nitrogens with zero attached hydrogens (tertiary/aromatic N) is 3. The van der Waals surface area contributed by atoms with Gasteiger partial charge in [-0.05, 0) is 26.0 Å². The number of pyridine rings is 1. The molecule has 0 saturated heterocycles. The Kier molecular flexibility index (Phi) is 5.47. The summed E-state index contributed by atoms with van der Waals surface area (Å²) in [6, 6.07) is 12.1. The van der Waals surface area contributed by atoms with Gasteiger partial charge in [-0.3, -0.25) is 4.98 Å². The van der Waals surface area contributed by atoms with Crippen LogP contribution in [0.15, 0.2) is 54.5 Å². The van der Waals surface area contributed by atoms with Gasteiger partial charge in [-0.2, -0.15) is 13.2 Å². The molecule has 23 heavy (non-hydrogen) atoms. The molecule has 0 spiro atoms. The van der Waals surface area contributed by atoms with Crippen LogP contribution in [0, 0.1) is 0 Å². The summed E-state index contributed by atoms with van der Waals surface area (Å²) in [5, 5.41) is 1.20. The van der Waals surface area contributed by atoms with Gasteiger partial charge in [-0.1, -0.05) is 24.3 Å². The van der Waals surface area contributed by atoms with E-state index in [0.29, 0.717) is 19.8 Å². The molecule has 0 amide bonds. The van der Waals surface area contributed by atoms with Crippen molar-refractivity contribution in [2.75, 3.05) is 19.8 Å². The SMILES string of the molecule is CCN1C=C(C(F)(F)F)N(CC)C1.c1ccc2ncccc2c1. The normalized spacial score (nSPS) is 14.6. The number of benzene rings is 1. The van der Waals surface area contributed by atoms with Gasteiger partial charge in [0.05, 0.1) is 12.2 Å². The summed E-state index contributed by atoms with van der Waals surface area (Å²) in [6.07, 6.45) is -1.23. The summed E-state index contributed by atoms with van der Waals surface area (Å²) < 4.78 is 37.1. The zero-order valence-electron chi connectivity index (χ0n) is 13.2. The van der Waals surface area contributed by atoms with Crippen LogP contribution >= 0.6 is 0 Å². The Morgan fingerprint density at radius 2 is 1.74 bits per heavy atom. The lowest BCUT2D eigenvalue weighted by atomic mass is 10.2. The molecule has 1 aliphatic heterocycles. The molecule has 6 heteroatoms. The summed E-state index contributed by atoms with van der Waals surface area (Å²) >= 11 is 0. The largest absolute Gasteiger partial charge is 0.432 e. The van der Waals surface area contributed by atoms with Crippen molar-refractivity contribution in [2.45, 2.75) is 20.0 Å². The van der Waals surface area contributed by atoms with Gasteiger partial charge in [-0.15, -0.1) is 0 Å². The van der Waals surface area contributed by atoms with E-state index < -0.39 is 11.9 Å². The van der Waals surface area contributed by atoms with Crippen LogP contribution in [0.5, 0.6) is 0 Å². The average Bonchev–Trinajstić information content (AvgIpc) is 2.99. The van der Waals surface area contributed by atoms with Gasteiger partial charge >= 0.3 is 6.18 Å². The minimum atomic E-state index is -4.22. The standard InChI is InChI=1S/C9H7N.C8H13F3N2/c1-2-6-9-8(4-1)5-3-7-10-9;1-3-12-5-7(8(9,10)11)13(4-2)6-12/h1-7H;5H,3-4,6H2,1-2H3. The molecule has 0 radical (unpaired) electrons. The van der Waals surface area contributed by atoms with Gasteiger partial charge in [0.15, 0.2) is 0 Å². The van der Waals surface area contributed by atoms with E-state index in [1.165, 1.54) is 16.5 Å². The zero-order chi connectivity index (χ0) is 16.9. The minimum Gasteiger partial charge on any atom is -0.358 e. The van der Waals surface area contributed by atoms with Gasteiger partial charge in [0.25, 0.3) is 0 Å². The van der Waals surface area contributed by atoms with Crippen molar-refractivity contribution >= 4 is 10.9 Å². The molecule has 3 rings (SSSR count). The second-order valence-electron chi connectivity index (χ2n) is 5.11. The highest BCUT2D eigenvalue weighted by Crippen LogP contribution is 2.31. The van der Waals surface area contributed by atoms with Crippen molar-refractivity contribution in [3.05, 3.63) is 54.5 Å². The van der Waals surface area contributed by atoms with Crippen LogP contribution in [0.4, 0.5) is 13.2 Å². The molecule has 0 atom stereocenters. The fraction of sp³-hybridized carbons (Fsp3) is 0.353. The van der Waals surface area contributed by atoms with Crippen molar-refractivity contribution in [2.24, 2.45) is 0 Å². The third-order valence-electron chi connectivity index (χ3n) is 3.59. The predicted molar refractivity (Wildman–Crippen MR) is 85.5 cm³/mol. The molecule has 2 aromatic rings. The topological polar surface area (TPSA) is 19.4 Å². The van der Waals surface area contributed by atoms with Gasteiger partial charge in [0.2, 0.25) is 0 Å². The number of halogens is 3. The first-order valence-corrected chi connectivity index (χ1v) is 7.53. The number of hydrogen-bond donors (Lipinski definition) is 0. The Morgan fingerprint density at radius 1 is 1.04 bits per heavy atom. The predicted octanol–water partition coefficient (Wildman–Crippen LogP) is 4.24. The van der Waals surface area contributed by atoms with E-state index in [2.05, 4.69) is 17.1 Å². The molecule has 0 saturated carbocycles. The molecular formula is C17H20F3N3. The van der Waals surface area contributed by atoms with Crippen LogP contribution in [0.3, 0.4) is 0 Å². The highest BCUT2D eigenvalue weighted by atomic mass is 19.4. The molecule has 0 N–H and O–H groups in total. The Hall–Kier alpha value is -2.24. The van der Waals surface area contributed by atoms with Crippen molar-refractivity contribution in [1.29, 1.82) is 0 Å². The molecule has 1 aromatic heterocycles. The zero-order valence-corrected chi connectivity index (χ0v) is 13.2. The van der Waals surface area contributed by atoms with Crippen molar-refractivity contribution < 1.29 is 13.2 Å². The molecule has 124 valence electrons. The smallest absolute Gasteiger partial charge is 0.358 e. The van der Waals surface area contributed by atoms with Gasteiger partial charge in [0, 0.05) is 30.9 Å². The summed E-state index contributed by atoms with van der Waals surface area (Å²) in [5.74, 6) is 0. The van der Waals surface area contributed by atoms with Crippen molar-refractivity contribution in [1.82, 2.24) is 14.8 Å². The first kappa shape index (κ1) is 17.1. The average molecular weight is 323 g/mol. The molecule has 3 nitrogen and oxygen atoms in total. The van der Waals surface area contributed by atoms with Crippen molar-refractivity contribution in [3.8, 4) is 0 Å². The number of aromatic nitrogens is 1. The number of para-hydroxylation sites is 1. The molecule has 0 bridgehead atoms. The summed E-state index contributed by atoms with van der Waals surface area (Å²) in [4.78, 5) is 7.15. The minimum absolute atomic E-state index is 0.349. The molecule has 0 unspecified atom stereocenters. The fourth-order valence-electron chi connectivity index (χ4n) is 2.32. The summed E-state index contributed by atoms with van der Waals surface area (Å²) in [7, 11) is 0. The van der Waals surface area contributed by atoms with E-state index in [1.54, 1.807) is 11.8 Å². The number of fused-ring (bicyclic) bond motifs is 1. The van der Waals surface area contributed by atoms with E-state index in [-0.39, 0.29) is 0 Å². The lowest BCUT2D eigenvalue weighted by Gasteiger charge is -2.22. The Balaban J connectivity index is 0.000000172. The van der Waals surface area contributed by atoms with Crippen LogP contribution in [0.2, 0.25) is 0 Å². The maximum absolute atomic E-state index is 12.4. The highest BCUT2D eigenvalue weighted by Gasteiger charge is 2.40. The van der Waals surface area contributed by atoms with Crippen LogP contribution < -0.4 is 0 Å². The van der Waals surface area contributed by atoms with E-state index in [9.17, 15) is 13.2 Å². The quantitative estimate of drug-likeness (QED) is 0.824. The Bertz CT molecular complexity index is 602. The summed E-state index contributed by atoms with van der Waals surface area (Å²) in [6.45, 7) is 4.90. The molecule has 0 aliphatic carbocycles. The van der Waals surface area contributed by atoms with Crippen LogP contribution in [0.25, 0.3) is 10.9 Å². The molecule has 0 fully saturated rings. The second-order valence-corrected chi connectivity index (χ2v) is 5.11. The lowest BCUT2D eigenvalue weighted by Crippen LogP contribution is -2.31. The van der Waals surface area contributed by atoms with Gasteiger partial charge < -0.3 is 9.80 Å². The molecule has 2 heterocycles. The maximum atomic E-state index is 12.4. The molecule has 1 aromatic carbocycles. The number of hydrogen-bond acceptors (Lipinski definition) is 3. The third-order valence-corrected chi connectivity index (χ3v) is 3.59. The highest BCUT2D eigenvalue weighted by molar-refractivity contribution is 5.77. The lowest BCUT2D eigenvalue weighted by molar-refractivity contribution is -0.109. The number of alkyl halides is 3. The second kappa shape index (κ2) is 7.35. The monoisotopic (exact) mass is 323 g/mol. The van der Waals surface area contributed by atoms with Crippen LogP contribution in [-0.4, -0.2) is 40.7 Å². The molecule has 1 aliphatic rings. The first-order valence-electron chi connectivity index (χ1n) is 7.53. The van der Waals surface area contributed by atoms with E-state index >= 15 is 0 Å².